The predicted molar refractivity (Wildman–Crippen MR) is 2.06 cm³/mol. The van der Waals surface area contributed by atoms with E-state index in [0.717, 1.165) is 0 Å². The average Bonchev–Trinajstić information content (AvgIpc) is 0.722. The Morgan fingerprint density at radius 3 is 1.17 bits per heavy atom. The van der Waals surface area contributed by atoms with Crippen molar-refractivity contribution >= 4 is 0 Å². The summed E-state index contributed by atoms with van der Waals surface area (Å²) in [6.07, 6.45) is 0. The summed E-state index contributed by atoms with van der Waals surface area (Å²) in [5, 5.41) is 0. The maximum absolute atomic E-state index is 8.58. The monoisotopic (exact) mass is 204 g/mol. The van der Waals surface area contributed by atoms with E-state index >= 15 is 0 Å². The van der Waals surface area contributed by atoms with Crippen LogP contribution in [0.5, 0.6) is 0 Å². The fourth-order valence-corrected chi connectivity index (χ4v) is 0. The van der Waals surface area contributed by atoms with Crippen LogP contribution in [-0.2, 0) is 24.5 Å². The molecule has 0 spiro atoms. The van der Waals surface area contributed by atoms with Gasteiger partial charge < -0.3 is 0 Å². The number of hydrogen-bond donors (Lipinski definition) is 0. The second-order valence-electron chi connectivity index (χ2n) is 0.378. The molecule has 0 aromatic heterocycles. The van der Waals surface area contributed by atoms with Crippen LogP contribution < -0.4 is 62.4 Å². The van der Waals surface area contributed by atoms with E-state index in [0.29, 0.717) is 0 Å². The fourth-order valence-electron chi connectivity index (χ4n) is 0. The van der Waals surface area contributed by atoms with Crippen molar-refractivity contribution in [1.29, 1.82) is 0 Å². The SMILES string of the molecule is [O]=[Mn](=[O])(=[O])[O-].[Rb+]. The third kappa shape index (κ3) is 44.0. The Labute approximate surface area is 84.9 Å². The van der Waals surface area contributed by atoms with E-state index in [1.54, 1.807) is 0 Å². The summed E-state index contributed by atoms with van der Waals surface area (Å²) in [6.45, 7) is 0. The van der Waals surface area contributed by atoms with Crippen molar-refractivity contribution < 1.29 is 86.9 Å². The smallest absolute Gasteiger partial charge is 1.00 e. The normalized spacial score (nSPS) is 9.50. The van der Waals surface area contributed by atoms with E-state index in [1.807, 2.05) is 0 Å². The molecule has 6 heavy (non-hydrogen) atoms. The topological polar surface area (TPSA) is 74.3 Å². The average molecular weight is 204 g/mol. The molecule has 0 saturated carbocycles. The van der Waals surface area contributed by atoms with Gasteiger partial charge in [0.15, 0.2) is 0 Å². The van der Waals surface area contributed by atoms with Crippen LogP contribution in [0.4, 0.5) is 0 Å². The maximum atomic E-state index is 8.58. The molecule has 0 aliphatic carbocycles. The molecule has 0 aromatic carbocycles. The Hall–Kier alpha value is 1.68. The van der Waals surface area contributed by atoms with Crippen molar-refractivity contribution in [1.82, 2.24) is 0 Å². The van der Waals surface area contributed by atoms with Gasteiger partial charge in [0, 0.05) is 0 Å². The van der Waals surface area contributed by atoms with Gasteiger partial charge in [-0.2, -0.15) is 0 Å². The molecule has 0 N–H and O–H groups in total. The quantitative estimate of drug-likeness (QED) is 0.373. The first-order valence-electron chi connectivity index (χ1n) is 0.617. The zero-order chi connectivity index (χ0) is 4.50. The van der Waals surface area contributed by atoms with E-state index in [1.165, 1.54) is 0 Å². The summed E-state index contributed by atoms with van der Waals surface area (Å²) < 4.78 is 34.3. The summed E-state index contributed by atoms with van der Waals surface area (Å²) in [4.78, 5) is 0. The van der Waals surface area contributed by atoms with Crippen LogP contribution in [-0.4, -0.2) is 0 Å². The first kappa shape index (κ1) is 10.6. The third-order valence-corrected chi connectivity index (χ3v) is 0. The molecule has 4 nitrogen and oxygen atoms in total. The van der Waals surface area contributed by atoms with Crippen molar-refractivity contribution in [3.8, 4) is 0 Å². The van der Waals surface area contributed by atoms with Gasteiger partial charge >= 0.3 is 86.9 Å². The Morgan fingerprint density at radius 2 is 1.17 bits per heavy atom. The van der Waals surface area contributed by atoms with Crippen molar-refractivity contribution in [2.75, 3.05) is 0 Å². The summed E-state index contributed by atoms with van der Waals surface area (Å²) in [5.74, 6) is 0. The Balaban J connectivity index is 0. The molecule has 0 rings (SSSR count). The van der Waals surface area contributed by atoms with Crippen LogP contribution >= 0.6 is 0 Å². The van der Waals surface area contributed by atoms with Crippen LogP contribution in [0.25, 0.3) is 0 Å². The van der Waals surface area contributed by atoms with Gasteiger partial charge in [0.1, 0.15) is 0 Å². The summed E-state index contributed by atoms with van der Waals surface area (Å²) in [6, 6.07) is 0. The molecule has 0 heterocycles. The first-order chi connectivity index (χ1) is 2.00. The molecule has 6 heteroatoms. The number of rotatable bonds is 0. The fraction of sp³-hybridized carbons (Fsp3) is 0. The molecule has 0 radical (unpaired) electrons. The molecule has 0 bridgehead atoms. The van der Waals surface area contributed by atoms with Crippen molar-refractivity contribution in [2.24, 2.45) is 0 Å². The molecule has 0 atom stereocenters. The molecule has 0 aromatic rings. The van der Waals surface area contributed by atoms with Crippen molar-refractivity contribution in [2.45, 2.75) is 0 Å². The van der Waals surface area contributed by atoms with E-state index in [-0.39, 0.29) is 58.2 Å². The zero-order valence-corrected chi connectivity index (χ0v) is 9.11. The molecule has 32 valence electrons. The van der Waals surface area contributed by atoms with Crippen LogP contribution in [0, 0.1) is 0 Å². The van der Waals surface area contributed by atoms with Gasteiger partial charge in [0.2, 0.25) is 0 Å². The minimum absolute atomic E-state index is 0. The molecular formula is MnO4Rb. The minimum Gasteiger partial charge on any atom is 1.00 e. The van der Waals surface area contributed by atoms with E-state index < -0.39 is 13.0 Å². The zero-order valence-electron chi connectivity index (χ0n) is 3.01. The minimum atomic E-state index is -5.62. The van der Waals surface area contributed by atoms with Gasteiger partial charge in [0.25, 0.3) is 0 Å². The van der Waals surface area contributed by atoms with Gasteiger partial charge in [0.05, 0.1) is 0 Å². The van der Waals surface area contributed by atoms with Crippen molar-refractivity contribution in [3.63, 3.8) is 0 Å². The van der Waals surface area contributed by atoms with Gasteiger partial charge in [-0.05, 0) is 0 Å². The predicted octanol–water partition coefficient (Wildman–Crippen LogP) is -4.54. The summed E-state index contributed by atoms with van der Waals surface area (Å²) in [7, 11) is 0. The first-order valence-corrected chi connectivity index (χ1v) is 2.54. The molecule has 0 fully saturated rings. The van der Waals surface area contributed by atoms with E-state index in [4.69, 9.17) is 15.7 Å². The van der Waals surface area contributed by atoms with Gasteiger partial charge in [-0.25, -0.2) is 0 Å². The van der Waals surface area contributed by atoms with Crippen LogP contribution in [0.15, 0.2) is 0 Å². The largest absolute Gasteiger partial charge is 1.00 e. The molecule has 0 aliphatic rings. The van der Waals surface area contributed by atoms with E-state index in [9.17, 15) is 0 Å². The Bertz CT molecular complexity index is 129. The standard InChI is InChI=1S/Mn.4O.Rb/q;;;;-1;+1. The van der Waals surface area contributed by atoms with Crippen LogP contribution in [0.1, 0.15) is 0 Å². The van der Waals surface area contributed by atoms with Crippen LogP contribution in [0.3, 0.4) is 0 Å². The molecule has 0 saturated heterocycles. The second kappa shape index (κ2) is 3.66. The third-order valence-electron chi connectivity index (χ3n) is 0. The summed E-state index contributed by atoms with van der Waals surface area (Å²) in [5.41, 5.74) is 0. The van der Waals surface area contributed by atoms with Gasteiger partial charge in [-0.1, -0.05) is 0 Å². The Kier molecular flexibility index (Phi) is 6.48. The van der Waals surface area contributed by atoms with Gasteiger partial charge in [-0.3, -0.25) is 0 Å². The van der Waals surface area contributed by atoms with Crippen molar-refractivity contribution in [3.05, 3.63) is 0 Å². The summed E-state index contributed by atoms with van der Waals surface area (Å²) >= 11 is -5.62. The van der Waals surface area contributed by atoms with E-state index in [2.05, 4.69) is 0 Å². The number of hydrogen-bond acceptors (Lipinski definition) is 4. The molecular weight excluding hydrogens is 204 g/mol. The molecule has 0 unspecified atom stereocenters. The Morgan fingerprint density at radius 1 is 1.17 bits per heavy atom. The molecule has 0 aliphatic heterocycles. The maximum Gasteiger partial charge on any atom is 1.00 e. The van der Waals surface area contributed by atoms with Gasteiger partial charge in [-0.15, -0.1) is 0 Å². The molecule has 0 amide bonds. The van der Waals surface area contributed by atoms with Crippen LogP contribution in [0.2, 0.25) is 0 Å². The second-order valence-corrected chi connectivity index (χ2v) is 1.56.